The van der Waals surface area contributed by atoms with E-state index in [0.29, 0.717) is 10.0 Å². The van der Waals surface area contributed by atoms with Gasteiger partial charge in [0.15, 0.2) is 0 Å². The maximum atomic E-state index is 8.98. The van der Waals surface area contributed by atoms with E-state index in [4.69, 9.17) is 34.0 Å². The van der Waals surface area contributed by atoms with Gasteiger partial charge in [-0.25, -0.2) is 0 Å². The fraction of sp³-hybridized carbons (Fsp3) is 0.143. The highest BCUT2D eigenvalue weighted by molar-refractivity contribution is 6.42. The fourth-order valence-corrected chi connectivity index (χ4v) is 2.00. The van der Waals surface area contributed by atoms with Crippen LogP contribution in [0.4, 0.5) is 0 Å². The Hall–Kier alpha value is -1.06. The average Bonchev–Trinajstić information content (AvgIpc) is 2.41. The average molecular weight is 282 g/mol. The van der Waals surface area contributed by atoms with Crippen LogP contribution in [0.25, 0.3) is 11.1 Å². The monoisotopic (exact) mass is 281 g/mol. The van der Waals surface area contributed by atoms with Crippen molar-refractivity contribution < 1.29 is 5.11 Å². The topological polar surface area (TPSA) is 46.2 Å². The summed E-state index contributed by atoms with van der Waals surface area (Å²) in [5.41, 5.74) is 8.67. The number of rotatable bonds is 3. The maximum absolute atomic E-state index is 8.98. The largest absolute Gasteiger partial charge is 0.394 e. The molecule has 2 aromatic carbocycles. The third-order valence-corrected chi connectivity index (χ3v) is 3.53. The summed E-state index contributed by atoms with van der Waals surface area (Å²) in [5.74, 6) is 0. The molecule has 2 nitrogen and oxygen atoms in total. The quantitative estimate of drug-likeness (QED) is 0.902. The Morgan fingerprint density at radius 1 is 0.944 bits per heavy atom. The second-order valence-corrected chi connectivity index (χ2v) is 4.85. The zero-order valence-electron chi connectivity index (χ0n) is 9.61. The standard InChI is InChI=1S/C14H13Cl2NO/c15-12-6-5-11(7-13(12)16)9-1-3-10(4-2-9)14(17)8-18/h1-7,14,18H,8,17H2/t14-/m0/s1. The van der Waals surface area contributed by atoms with Crippen LogP contribution in [0.2, 0.25) is 10.0 Å². The number of benzene rings is 2. The summed E-state index contributed by atoms with van der Waals surface area (Å²) in [6.07, 6.45) is 0. The van der Waals surface area contributed by atoms with E-state index in [1.54, 1.807) is 6.07 Å². The molecule has 94 valence electrons. The molecule has 0 aromatic heterocycles. The van der Waals surface area contributed by atoms with Crippen molar-refractivity contribution in [1.82, 2.24) is 0 Å². The fourth-order valence-electron chi connectivity index (χ4n) is 1.70. The lowest BCUT2D eigenvalue weighted by atomic mass is 10.0. The maximum Gasteiger partial charge on any atom is 0.0624 e. The highest BCUT2D eigenvalue weighted by atomic mass is 35.5. The van der Waals surface area contributed by atoms with Crippen LogP contribution in [-0.2, 0) is 0 Å². The van der Waals surface area contributed by atoms with E-state index in [2.05, 4.69) is 0 Å². The summed E-state index contributed by atoms with van der Waals surface area (Å²) in [6, 6.07) is 12.9. The van der Waals surface area contributed by atoms with Crippen molar-refractivity contribution in [3.63, 3.8) is 0 Å². The van der Waals surface area contributed by atoms with Crippen LogP contribution in [0.3, 0.4) is 0 Å². The number of nitrogens with two attached hydrogens (primary N) is 1. The molecule has 0 aliphatic rings. The van der Waals surface area contributed by atoms with Gasteiger partial charge < -0.3 is 10.8 Å². The van der Waals surface area contributed by atoms with Gasteiger partial charge in [0.25, 0.3) is 0 Å². The molecule has 18 heavy (non-hydrogen) atoms. The summed E-state index contributed by atoms with van der Waals surface area (Å²) in [5, 5.41) is 10.1. The normalized spacial score (nSPS) is 12.4. The van der Waals surface area contributed by atoms with E-state index < -0.39 is 0 Å². The van der Waals surface area contributed by atoms with Gasteiger partial charge in [0, 0.05) is 0 Å². The van der Waals surface area contributed by atoms with Gasteiger partial charge in [0.1, 0.15) is 0 Å². The van der Waals surface area contributed by atoms with Crippen LogP contribution >= 0.6 is 23.2 Å². The molecule has 2 rings (SSSR count). The van der Waals surface area contributed by atoms with Gasteiger partial charge in [-0.2, -0.15) is 0 Å². The van der Waals surface area contributed by atoms with Gasteiger partial charge in [0.2, 0.25) is 0 Å². The van der Waals surface area contributed by atoms with Crippen molar-refractivity contribution in [3.05, 3.63) is 58.1 Å². The lowest BCUT2D eigenvalue weighted by molar-refractivity contribution is 0.268. The van der Waals surface area contributed by atoms with Crippen molar-refractivity contribution in [2.75, 3.05) is 6.61 Å². The first-order chi connectivity index (χ1) is 8.61. The number of hydrogen-bond acceptors (Lipinski definition) is 2. The number of aliphatic hydroxyl groups is 1. The number of halogens is 2. The SMILES string of the molecule is N[C@@H](CO)c1ccc(-c2ccc(Cl)c(Cl)c2)cc1. The Morgan fingerprint density at radius 2 is 1.56 bits per heavy atom. The van der Waals surface area contributed by atoms with Crippen LogP contribution < -0.4 is 5.73 Å². The molecule has 3 N–H and O–H groups in total. The Bertz CT molecular complexity index is 540. The van der Waals surface area contributed by atoms with Crippen LogP contribution in [0.15, 0.2) is 42.5 Å². The van der Waals surface area contributed by atoms with Crippen molar-refractivity contribution in [2.45, 2.75) is 6.04 Å². The second kappa shape index (κ2) is 5.72. The molecule has 0 radical (unpaired) electrons. The summed E-state index contributed by atoms with van der Waals surface area (Å²) in [6.45, 7) is -0.0634. The lowest BCUT2D eigenvalue weighted by Crippen LogP contribution is -2.14. The second-order valence-electron chi connectivity index (χ2n) is 4.04. The molecular weight excluding hydrogens is 269 g/mol. The first-order valence-electron chi connectivity index (χ1n) is 5.53. The predicted molar refractivity (Wildman–Crippen MR) is 75.9 cm³/mol. The summed E-state index contributed by atoms with van der Waals surface area (Å²) in [7, 11) is 0. The first-order valence-corrected chi connectivity index (χ1v) is 6.29. The molecule has 0 spiro atoms. The van der Waals surface area contributed by atoms with Crippen molar-refractivity contribution in [1.29, 1.82) is 0 Å². The zero-order valence-corrected chi connectivity index (χ0v) is 11.1. The van der Waals surface area contributed by atoms with Gasteiger partial charge >= 0.3 is 0 Å². The molecule has 0 unspecified atom stereocenters. The third-order valence-electron chi connectivity index (χ3n) is 2.79. The lowest BCUT2D eigenvalue weighted by Gasteiger charge is -2.09. The molecule has 0 amide bonds. The highest BCUT2D eigenvalue weighted by Gasteiger charge is 2.05. The van der Waals surface area contributed by atoms with E-state index >= 15 is 0 Å². The molecular formula is C14H13Cl2NO. The van der Waals surface area contributed by atoms with E-state index in [-0.39, 0.29) is 12.6 Å². The third kappa shape index (κ3) is 2.85. The van der Waals surface area contributed by atoms with E-state index in [1.807, 2.05) is 36.4 Å². The molecule has 0 heterocycles. The molecule has 0 saturated heterocycles. The van der Waals surface area contributed by atoms with Crippen LogP contribution in [0, 0.1) is 0 Å². The Balaban J connectivity index is 2.31. The van der Waals surface area contributed by atoms with E-state index in [9.17, 15) is 0 Å². The van der Waals surface area contributed by atoms with Gasteiger partial charge in [-0.05, 0) is 28.8 Å². The Kier molecular flexibility index (Phi) is 4.25. The van der Waals surface area contributed by atoms with Gasteiger partial charge in [-0.15, -0.1) is 0 Å². The van der Waals surface area contributed by atoms with Gasteiger partial charge in [0.05, 0.1) is 22.7 Å². The number of aliphatic hydroxyl groups excluding tert-OH is 1. The van der Waals surface area contributed by atoms with Crippen molar-refractivity contribution in [2.24, 2.45) is 5.73 Å². The molecule has 2 aromatic rings. The summed E-state index contributed by atoms with van der Waals surface area (Å²) >= 11 is 11.9. The molecule has 0 aliphatic heterocycles. The minimum atomic E-state index is -0.340. The van der Waals surface area contributed by atoms with Crippen molar-refractivity contribution >= 4 is 23.2 Å². The molecule has 4 heteroatoms. The van der Waals surface area contributed by atoms with Gasteiger partial charge in [-0.3, -0.25) is 0 Å². The predicted octanol–water partition coefficient (Wildman–Crippen LogP) is 3.65. The molecule has 1 atom stereocenters. The number of hydrogen-bond donors (Lipinski definition) is 2. The molecule has 0 aliphatic carbocycles. The summed E-state index contributed by atoms with van der Waals surface area (Å²) < 4.78 is 0. The van der Waals surface area contributed by atoms with Crippen LogP contribution in [0.1, 0.15) is 11.6 Å². The smallest absolute Gasteiger partial charge is 0.0624 e. The summed E-state index contributed by atoms with van der Waals surface area (Å²) in [4.78, 5) is 0. The van der Waals surface area contributed by atoms with Gasteiger partial charge in [-0.1, -0.05) is 53.5 Å². The Morgan fingerprint density at radius 3 is 2.11 bits per heavy atom. The van der Waals surface area contributed by atoms with Crippen LogP contribution in [0.5, 0.6) is 0 Å². The zero-order chi connectivity index (χ0) is 13.1. The minimum Gasteiger partial charge on any atom is -0.394 e. The molecule has 0 saturated carbocycles. The van der Waals surface area contributed by atoms with Crippen molar-refractivity contribution in [3.8, 4) is 11.1 Å². The minimum absolute atomic E-state index is 0.0634. The van der Waals surface area contributed by atoms with E-state index in [0.717, 1.165) is 16.7 Å². The molecule has 0 fully saturated rings. The first kappa shape index (κ1) is 13.4. The molecule has 0 bridgehead atoms. The highest BCUT2D eigenvalue weighted by Crippen LogP contribution is 2.28. The Labute approximate surface area is 116 Å². The van der Waals surface area contributed by atoms with Crippen LogP contribution in [-0.4, -0.2) is 11.7 Å². The van der Waals surface area contributed by atoms with E-state index in [1.165, 1.54) is 0 Å².